The molecule has 25 heavy (non-hydrogen) atoms. The number of carbonyl (C=O) groups is 1. The van der Waals surface area contributed by atoms with Crippen molar-refractivity contribution in [2.45, 2.75) is 4.90 Å². The van der Waals surface area contributed by atoms with Crippen molar-refractivity contribution in [1.29, 1.82) is 0 Å². The second kappa shape index (κ2) is 7.65. The number of halogens is 4. The smallest absolute Gasteiger partial charge is 0.243 e. The molecular formula is C15H12Cl2F2N2O3S. The lowest BCUT2D eigenvalue weighted by atomic mass is 10.3. The van der Waals surface area contributed by atoms with Crippen LogP contribution >= 0.6 is 23.2 Å². The summed E-state index contributed by atoms with van der Waals surface area (Å²) < 4.78 is 51.7. The van der Waals surface area contributed by atoms with Crippen LogP contribution in [0, 0.1) is 11.6 Å². The van der Waals surface area contributed by atoms with Crippen molar-refractivity contribution in [3.8, 4) is 0 Å². The van der Waals surface area contributed by atoms with Gasteiger partial charge in [-0.05, 0) is 30.3 Å². The number of nitrogens with one attached hydrogen (secondary N) is 1. The summed E-state index contributed by atoms with van der Waals surface area (Å²) in [7, 11) is -3.12. The van der Waals surface area contributed by atoms with Crippen LogP contribution in [0.2, 0.25) is 10.0 Å². The van der Waals surface area contributed by atoms with Crippen LogP contribution in [0.1, 0.15) is 0 Å². The van der Waals surface area contributed by atoms with E-state index in [1.807, 2.05) is 0 Å². The quantitative estimate of drug-likeness (QED) is 0.822. The molecule has 0 atom stereocenters. The predicted octanol–water partition coefficient (Wildman–Crippen LogP) is 3.53. The Labute approximate surface area is 153 Å². The lowest BCUT2D eigenvalue weighted by molar-refractivity contribution is -0.116. The van der Waals surface area contributed by atoms with E-state index in [9.17, 15) is 22.0 Å². The van der Waals surface area contributed by atoms with E-state index in [0.29, 0.717) is 33.2 Å². The van der Waals surface area contributed by atoms with Crippen molar-refractivity contribution in [3.63, 3.8) is 0 Å². The van der Waals surface area contributed by atoms with Gasteiger partial charge in [-0.3, -0.25) is 4.79 Å². The molecule has 0 saturated carbocycles. The van der Waals surface area contributed by atoms with E-state index in [-0.39, 0.29) is 5.02 Å². The Morgan fingerprint density at radius 3 is 2.24 bits per heavy atom. The van der Waals surface area contributed by atoms with Gasteiger partial charge in [-0.25, -0.2) is 17.2 Å². The summed E-state index contributed by atoms with van der Waals surface area (Å²) in [5.41, 5.74) is 0.321. The molecule has 1 N–H and O–H groups in total. The van der Waals surface area contributed by atoms with E-state index in [4.69, 9.17) is 23.2 Å². The van der Waals surface area contributed by atoms with Crippen LogP contribution < -0.4 is 5.32 Å². The van der Waals surface area contributed by atoms with Gasteiger partial charge in [-0.2, -0.15) is 4.31 Å². The molecule has 0 radical (unpaired) electrons. The maximum atomic E-state index is 13.2. The maximum absolute atomic E-state index is 13.2. The van der Waals surface area contributed by atoms with Crippen LogP contribution in [0.5, 0.6) is 0 Å². The summed E-state index contributed by atoms with van der Waals surface area (Å²) in [5.74, 6) is -2.74. The Morgan fingerprint density at radius 1 is 1.08 bits per heavy atom. The van der Waals surface area contributed by atoms with E-state index in [2.05, 4.69) is 5.32 Å². The highest BCUT2D eigenvalue weighted by molar-refractivity contribution is 7.89. The molecule has 0 aromatic heterocycles. The molecule has 0 aliphatic heterocycles. The number of sulfonamides is 1. The van der Waals surface area contributed by atoms with Crippen molar-refractivity contribution in [1.82, 2.24) is 4.31 Å². The summed E-state index contributed by atoms with van der Waals surface area (Å²) in [6.45, 7) is -0.569. The topological polar surface area (TPSA) is 66.5 Å². The van der Waals surface area contributed by atoms with E-state index in [0.717, 1.165) is 7.05 Å². The number of carbonyl (C=O) groups excluding carboxylic acids is 1. The van der Waals surface area contributed by atoms with Crippen LogP contribution in [0.25, 0.3) is 0 Å². The molecule has 0 heterocycles. The molecule has 0 aliphatic rings. The zero-order valence-electron chi connectivity index (χ0n) is 12.8. The van der Waals surface area contributed by atoms with Crippen molar-refractivity contribution < 1.29 is 22.0 Å². The predicted molar refractivity (Wildman–Crippen MR) is 91.3 cm³/mol. The first-order valence-corrected chi connectivity index (χ1v) is 8.96. The molecule has 0 fully saturated rings. The highest BCUT2D eigenvalue weighted by Crippen LogP contribution is 2.25. The molecule has 0 aliphatic carbocycles. The Balaban J connectivity index is 2.12. The largest absolute Gasteiger partial charge is 0.325 e. The van der Waals surface area contributed by atoms with Gasteiger partial charge in [0, 0.05) is 18.8 Å². The van der Waals surface area contributed by atoms with Gasteiger partial charge < -0.3 is 5.32 Å². The van der Waals surface area contributed by atoms with Crippen LogP contribution in [-0.2, 0) is 14.8 Å². The number of nitrogens with zero attached hydrogens (tertiary/aromatic N) is 1. The fourth-order valence-corrected chi connectivity index (χ4v) is 3.39. The summed E-state index contributed by atoms with van der Waals surface area (Å²) in [4.78, 5) is 11.4. The maximum Gasteiger partial charge on any atom is 0.243 e. The number of rotatable bonds is 5. The molecule has 2 rings (SSSR count). The van der Waals surface area contributed by atoms with E-state index >= 15 is 0 Å². The molecule has 5 nitrogen and oxygen atoms in total. The lowest BCUT2D eigenvalue weighted by Gasteiger charge is -2.17. The number of anilines is 1. The third-order valence-electron chi connectivity index (χ3n) is 3.11. The second-order valence-corrected chi connectivity index (χ2v) is 7.90. The van der Waals surface area contributed by atoms with Crippen molar-refractivity contribution in [2.24, 2.45) is 0 Å². The second-order valence-electron chi connectivity index (χ2n) is 5.04. The van der Waals surface area contributed by atoms with Gasteiger partial charge in [0.1, 0.15) is 11.6 Å². The number of hydrogen-bond acceptors (Lipinski definition) is 3. The van der Waals surface area contributed by atoms with E-state index in [1.54, 1.807) is 0 Å². The summed E-state index contributed by atoms with van der Waals surface area (Å²) in [6, 6.07) is 6.25. The minimum atomic E-state index is -4.24. The SMILES string of the molecule is CN(CC(=O)Nc1ccc(Cl)c(Cl)c1)S(=O)(=O)c1cc(F)cc(F)c1. The van der Waals surface area contributed by atoms with Crippen LogP contribution in [0.3, 0.4) is 0 Å². The monoisotopic (exact) mass is 408 g/mol. The molecule has 2 aromatic rings. The number of hydrogen-bond donors (Lipinski definition) is 1. The fourth-order valence-electron chi connectivity index (χ4n) is 1.92. The fraction of sp³-hybridized carbons (Fsp3) is 0.133. The molecule has 10 heteroatoms. The molecule has 134 valence electrons. The lowest BCUT2D eigenvalue weighted by Crippen LogP contribution is -2.35. The Bertz CT molecular complexity index is 903. The van der Waals surface area contributed by atoms with Gasteiger partial charge in [0.25, 0.3) is 0 Å². The first-order valence-electron chi connectivity index (χ1n) is 6.77. The first kappa shape index (κ1) is 19.6. The Morgan fingerprint density at radius 2 is 1.68 bits per heavy atom. The highest BCUT2D eigenvalue weighted by atomic mass is 35.5. The number of amides is 1. The van der Waals surface area contributed by atoms with E-state index < -0.39 is 39.0 Å². The van der Waals surface area contributed by atoms with Crippen molar-refractivity contribution >= 4 is 44.8 Å². The van der Waals surface area contributed by atoms with Crippen LogP contribution in [0.4, 0.5) is 14.5 Å². The summed E-state index contributed by atoms with van der Waals surface area (Å²) >= 11 is 11.6. The average Bonchev–Trinajstić information content (AvgIpc) is 2.49. The van der Waals surface area contributed by atoms with Gasteiger partial charge in [-0.1, -0.05) is 23.2 Å². The van der Waals surface area contributed by atoms with Gasteiger partial charge in [0.05, 0.1) is 21.5 Å². The minimum absolute atomic E-state index is 0.218. The van der Waals surface area contributed by atoms with Gasteiger partial charge in [0.2, 0.25) is 15.9 Å². The zero-order chi connectivity index (χ0) is 18.8. The third-order valence-corrected chi connectivity index (χ3v) is 5.63. The number of likely N-dealkylation sites (N-methyl/N-ethyl adjacent to an activating group) is 1. The minimum Gasteiger partial charge on any atom is -0.325 e. The van der Waals surface area contributed by atoms with Crippen LogP contribution in [0.15, 0.2) is 41.3 Å². The van der Waals surface area contributed by atoms with E-state index in [1.165, 1.54) is 18.2 Å². The van der Waals surface area contributed by atoms with Crippen LogP contribution in [-0.4, -0.2) is 32.2 Å². The normalized spacial score (nSPS) is 11.6. The Hall–Kier alpha value is -1.74. The zero-order valence-corrected chi connectivity index (χ0v) is 15.1. The summed E-state index contributed by atoms with van der Waals surface area (Å²) in [6.07, 6.45) is 0. The average molecular weight is 409 g/mol. The van der Waals surface area contributed by atoms with Crippen molar-refractivity contribution in [2.75, 3.05) is 18.9 Å². The molecule has 2 aromatic carbocycles. The number of benzene rings is 2. The third kappa shape index (κ3) is 4.88. The Kier molecular flexibility index (Phi) is 5.99. The molecule has 0 unspecified atom stereocenters. The molecule has 1 amide bonds. The highest BCUT2D eigenvalue weighted by Gasteiger charge is 2.24. The van der Waals surface area contributed by atoms with Crippen molar-refractivity contribution in [3.05, 3.63) is 58.1 Å². The first-order chi connectivity index (χ1) is 11.6. The van der Waals surface area contributed by atoms with Gasteiger partial charge >= 0.3 is 0 Å². The molecule has 0 spiro atoms. The molecule has 0 bridgehead atoms. The van der Waals surface area contributed by atoms with Gasteiger partial charge in [0.15, 0.2) is 0 Å². The summed E-state index contributed by atoms with van der Waals surface area (Å²) in [5, 5.41) is 2.97. The van der Waals surface area contributed by atoms with Gasteiger partial charge in [-0.15, -0.1) is 0 Å². The molecular weight excluding hydrogens is 397 g/mol. The molecule has 0 saturated heterocycles. The standard InChI is InChI=1S/C15H12Cl2F2N2O3S/c1-21(25(23,24)12-5-9(18)4-10(19)6-12)8-15(22)20-11-2-3-13(16)14(17)7-11/h2-7H,8H2,1H3,(H,20,22).